The van der Waals surface area contributed by atoms with Crippen molar-refractivity contribution in [1.29, 1.82) is 0 Å². The first-order valence-corrected chi connectivity index (χ1v) is 5.15. The minimum absolute atomic E-state index is 0.500. The first kappa shape index (κ1) is 8.82. The van der Waals surface area contributed by atoms with Gasteiger partial charge in [-0.2, -0.15) is 0 Å². The molecule has 2 aromatic rings. The van der Waals surface area contributed by atoms with E-state index < -0.39 is 0 Å². The average Bonchev–Trinajstić information content (AvgIpc) is 2.49. The molecule has 0 atom stereocenters. The number of benzene rings is 1. The van der Waals surface area contributed by atoms with E-state index in [2.05, 4.69) is 29.8 Å². The van der Waals surface area contributed by atoms with Crippen molar-refractivity contribution >= 4 is 26.9 Å². The zero-order chi connectivity index (χ0) is 9.42. The van der Waals surface area contributed by atoms with Crippen molar-refractivity contribution < 1.29 is 4.42 Å². The fourth-order valence-corrected chi connectivity index (χ4v) is 2.07. The van der Waals surface area contributed by atoms with E-state index in [0.717, 1.165) is 10.1 Å². The van der Waals surface area contributed by atoms with Gasteiger partial charge in [-0.05, 0) is 18.1 Å². The molecular weight excluding hydrogens is 228 g/mol. The van der Waals surface area contributed by atoms with Gasteiger partial charge in [-0.15, -0.1) is 0 Å². The van der Waals surface area contributed by atoms with Crippen molar-refractivity contribution in [2.45, 2.75) is 19.8 Å². The second-order valence-corrected chi connectivity index (χ2v) is 4.31. The van der Waals surface area contributed by atoms with Gasteiger partial charge in [0.1, 0.15) is 5.58 Å². The molecule has 0 N–H and O–H groups in total. The van der Waals surface area contributed by atoms with Gasteiger partial charge >= 0.3 is 0 Å². The van der Waals surface area contributed by atoms with Crippen molar-refractivity contribution in [1.82, 2.24) is 0 Å². The summed E-state index contributed by atoms with van der Waals surface area (Å²) >= 11 is 3.54. The van der Waals surface area contributed by atoms with Crippen LogP contribution in [0.5, 0.6) is 0 Å². The fourth-order valence-electron chi connectivity index (χ4n) is 1.49. The highest BCUT2D eigenvalue weighted by atomic mass is 79.9. The number of hydrogen-bond acceptors (Lipinski definition) is 1. The third-order valence-corrected chi connectivity index (χ3v) is 2.86. The zero-order valence-corrected chi connectivity index (χ0v) is 9.26. The molecule has 0 aliphatic carbocycles. The van der Waals surface area contributed by atoms with E-state index in [9.17, 15) is 0 Å². The van der Waals surface area contributed by atoms with E-state index in [4.69, 9.17) is 4.42 Å². The molecule has 68 valence electrons. The normalized spacial score (nSPS) is 11.4. The van der Waals surface area contributed by atoms with E-state index >= 15 is 0 Å². The molecule has 0 aliphatic heterocycles. The summed E-state index contributed by atoms with van der Waals surface area (Å²) in [5.41, 5.74) is 2.22. The molecule has 1 aromatic carbocycles. The van der Waals surface area contributed by atoms with Crippen LogP contribution in [-0.2, 0) is 0 Å². The molecule has 0 radical (unpaired) electrons. The Morgan fingerprint density at radius 3 is 2.77 bits per heavy atom. The summed E-state index contributed by atoms with van der Waals surface area (Å²) in [6.07, 6.45) is 1.85. The van der Waals surface area contributed by atoms with Crippen molar-refractivity contribution in [3.05, 3.63) is 34.5 Å². The van der Waals surface area contributed by atoms with Crippen LogP contribution in [0.15, 0.2) is 33.4 Å². The summed E-state index contributed by atoms with van der Waals surface area (Å²) in [5, 5.41) is 1.21. The highest BCUT2D eigenvalue weighted by molar-refractivity contribution is 9.10. The molecule has 2 rings (SSSR count). The van der Waals surface area contributed by atoms with Crippen LogP contribution in [0.25, 0.3) is 11.0 Å². The SMILES string of the molecule is CC(C)c1coc2cccc(Br)c12. The lowest BCUT2D eigenvalue weighted by Gasteiger charge is -2.01. The molecule has 0 bridgehead atoms. The van der Waals surface area contributed by atoms with Crippen LogP contribution in [0.3, 0.4) is 0 Å². The average molecular weight is 239 g/mol. The van der Waals surface area contributed by atoms with Gasteiger partial charge < -0.3 is 4.42 Å². The Bertz CT molecular complexity index is 429. The quantitative estimate of drug-likeness (QED) is 0.722. The van der Waals surface area contributed by atoms with Crippen LogP contribution in [-0.4, -0.2) is 0 Å². The Labute approximate surface area is 85.9 Å². The third-order valence-electron chi connectivity index (χ3n) is 2.20. The summed E-state index contributed by atoms with van der Waals surface area (Å²) in [6, 6.07) is 6.02. The van der Waals surface area contributed by atoms with Gasteiger partial charge in [0.2, 0.25) is 0 Å². The monoisotopic (exact) mass is 238 g/mol. The Hall–Kier alpha value is -0.760. The minimum Gasteiger partial charge on any atom is -0.464 e. The smallest absolute Gasteiger partial charge is 0.135 e. The Morgan fingerprint density at radius 2 is 2.08 bits per heavy atom. The predicted octanol–water partition coefficient (Wildman–Crippen LogP) is 4.32. The van der Waals surface area contributed by atoms with Gasteiger partial charge in [0.15, 0.2) is 0 Å². The van der Waals surface area contributed by atoms with Gasteiger partial charge in [0.25, 0.3) is 0 Å². The lowest BCUT2D eigenvalue weighted by Crippen LogP contribution is -1.84. The predicted molar refractivity (Wildman–Crippen MR) is 58.0 cm³/mol. The Morgan fingerprint density at radius 1 is 1.31 bits per heavy atom. The molecule has 0 spiro atoms. The molecule has 2 heteroatoms. The standard InChI is InChI=1S/C11H11BrO/c1-7(2)8-6-13-10-5-3-4-9(12)11(8)10/h3-7H,1-2H3. The van der Waals surface area contributed by atoms with Gasteiger partial charge in [0.05, 0.1) is 6.26 Å². The molecule has 0 saturated heterocycles. The molecule has 1 aromatic heterocycles. The van der Waals surface area contributed by atoms with E-state index in [1.807, 2.05) is 24.5 Å². The highest BCUT2D eigenvalue weighted by Crippen LogP contribution is 2.32. The summed E-state index contributed by atoms with van der Waals surface area (Å²) in [5.74, 6) is 0.500. The van der Waals surface area contributed by atoms with Crippen molar-refractivity contribution in [2.75, 3.05) is 0 Å². The van der Waals surface area contributed by atoms with Crippen LogP contribution in [0.4, 0.5) is 0 Å². The molecule has 0 aliphatic rings. The molecule has 0 fully saturated rings. The van der Waals surface area contributed by atoms with Crippen LogP contribution < -0.4 is 0 Å². The molecule has 1 nitrogen and oxygen atoms in total. The first-order chi connectivity index (χ1) is 6.20. The van der Waals surface area contributed by atoms with Crippen LogP contribution in [0, 0.1) is 0 Å². The molecule has 0 saturated carbocycles. The van der Waals surface area contributed by atoms with E-state index in [1.165, 1.54) is 10.9 Å². The van der Waals surface area contributed by atoms with Gasteiger partial charge in [-0.1, -0.05) is 35.8 Å². The highest BCUT2D eigenvalue weighted by Gasteiger charge is 2.10. The van der Waals surface area contributed by atoms with Crippen LogP contribution >= 0.6 is 15.9 Å². The van der Waals surface area contributed by atoms with Gasteiger partial charge in [-0.3, -0.25) is 0 Å². The summed E-state index contributed by atoms with van der Waals surface area (Å²) in [4.78, 5) is 0. The van der Waals surface area contributed by atoms with Crippen LogP contribution in [0.1, 0.15) is 25.3 Å². The van der Waals surface area contributed by atoms with E-state index in [1.54, 1.807) is 0 Å². The zero-order valence-electron chi connectivity index (χ0n) is 7.67. The first-order valence-electron chi connectivity index (χ1n) is 4.35. The Kier molecular flexibility index (Phi) is 2.16. The third kappa shape index (κ3) is 1.39. The van der Waals surface area contributed by atoms with E-state index in [-0.39, 0.29) is 0 Å². The van der Waals surface area contributed by atoms with Crippen LogP contribution in [0.2, 0.25) is 0 Å². The summed E-state index contributed by atoms with van der Waals surface area (Å²) in [7, 11) is 0. The van der Waals surface area contributed by atoms with Gasteiger partial charge in [0, 0.05) is 15.4 Å². The van der Waals surface area contributed by atoms with Crippen molar-refractivity contribution in [3.63, 3.8) is 0 Å². The lowest BCUT2D eigenvalue weighted by atomic mass is 10.0. The topological polar surface area (TPSA) is 13.1 Å². The number of furan rings is 1. The van der Waals surface area contributed by atoms with Crippen molar-refractivity contribution in [3.8, 4) is 0 Å². The number of halogens is 1. The molecule has 1 heterocycles. The maximum atomic E-state index is 5.46. The molecular formula is C11H11BrO. The second-order valence-electron chi connectivity index (χ2n) is 3.46. The fraction of sp³-hybridized carbons (Fsp3) is 0.273. The van der Waals surface area contributed by atoms with E-state index in [0.29, 0.717) is 5.92 Å². The summed E-state index contributed by atoms with van der Waals surface area (Å²) in [6.45, 7) is 4.34. The summed E-state index contributed by atoms with van der Waals surface area (Å²) < 4.78 is 6.57. The second kappa shape index (κ2) is 3.18. The maximum Gasteiger partial charge on any atom is 0.135 e. The lowest BCUT2D eigenvalue weighted by molar-refractivity contribution is 0.606. The van der Waals surface area contributed by atoms with Gasteiger partial charge in [-0.25, -0.2) is 0 Å². The molecule has 13 heavy (non-hydrogen) atoms. The maximum absolute atomic E-state index is 5.46. The van der Waals surface area contributed by atoms with Crippen molar-refractivity contribution in [2.24, 2.45) is 0 Å². The number of fused-ring (bicyclic) bond motifs is 1. The minimum atomic E-state index is 0.500. The molecule has 0 amide bonds. The largest absolute Gasteiger partial charge is 0.464 e. The number of rotatable bonds is 1. The number of hydrogen-bond donors (Lipinski definition) is 0. The Balaban J connectivity index is 2.79. The molecule has 0 unspecified atom stereocenters.